The highest BCUT2D eigenvalue weighted by Gasteiger charge is 1.95. The van der Waals surface area contributed by atoms with Gasteiger partial charge < -0.3 is 10.4 Å². The second-order valence-corrected chi connectivity index (χ2v) is 1.75. The lowest BCUT2D eigenvalue weighted by Gasteiger charge is -1.91. The van der Waals surface area contributed by atoms with E-state index in [4.69, 9.17) is 5.11 Å². The molecule has 2 N–H and O–H groups in total. The van der Waals surface area contributed by atoms with Gasteiger partial charge in [-0.25, -0.2) is 4.79 Å². The fourth-order valence-electron chi connectivity index (χ4n) is 0.342. The van der Waals surface area contributed by atoms with Crippen LogP contribution in [0.3, 0.4) is 0 Å². The lowest BCUT2D eigenvalue weighted by atomic mass is 10.3. The summed E-state index contributed by atoms with van der Waals surface area (Å²) in [4.78, 5) is 10.1. The van der Waals surface area contributed by atoms with Gasteiger partial charge in [0.05, 0.1) is 0 Å². The summed E-state index contributed by atoms with van der Waals surface area (Å²) in [7, 11) is 1.77. The average Bonchev–Trinajstić information content (AvgIpc) is 1.82. The molecular weight excluding hydrogens is 118 g/mol. The predicted molar refractivity (Wildman–Crippen MR) is 35.3 cm³/mol. The van der Waals surface area contributed by atoms with Crippen molar-refractivity contribution in [3.8, 4) is 0 Å². The first-order valence-corrected chi connectivity index (χ1v) is 2.73. The molecule has 0 aliphatic heterocycles. The van der Waals surface area contributed by atoms with Crippen molar-refractivity contribution in [2.45, 2.75) is 6.92 Å². The highest BCUT2D eigenvalue weighted by Crippen LogP contribution is 1.88. The molecule has 0 aliphatic rings. The molecule has 0 heterocycles. The lowest BCUT2D eigenvalue weighted by Crippen LogP contribution is -2.07. The molecule has 0 unspecified atom stereocenters. The first kappa shape index (κ1) is 8.17. The van der Waals surface area contributed by atoms with Gasteiger partial charge in [0.15, 0.2) is 0 Å². The minimum Gasteiger partial charge on any atom is -0.478 e. The Kier molecular flexibility index (Phi) is 3.71. The Morgan fingerprint density at radius 2 is 2.33 bits per heavy atom. The maximum absolute atomic E-state index is 10.1. The van der Waals surface area contributed by atoms with Crippen LogP contribution in [0, 0.1) is 0 Å². The zero-order chi connectivity index (χ0) is 7.28. The molecule has 0 bridgehead atoms. The summed E-state index contributed by atoms with van der Waals surface area (Å²) in [5, 5.41) is 11.1. The summed E-state index contributed by atoms with van der Waals surface area (Å²) in [6.07, 6.45) is 1.63. The smallest absolute Gasteiger partial charge is 0.330 e. The quantitative estimate of drug-likeness (QED) is 0.536. The van der Waals surface area contributed by atoms with Crippen LogP contribution in [0.2, 0.25) is 0 Å². The third-order valence-corrected chi connectivity index (χ3v) is 0.950. The Morgan fingerprint density at radius 3 is 2.67 bits per heavy atom. The van der Waals surface area contributed by atoms with Gasteiger partial charge in [0, 0.05) is 12.1 Å². The molecule has 0 aromatic heterocycles. The Bertz CT molecular complexity index is 129. The van der Waals surface area contributed by atoms with E-state index in [0.717, 1.165) is 0 Å². The monoisotopic (exact) mass is 129 g/mol. The molecular formula is C6H11NO2. The number of hydrogen-bond acceptors (Lipinski definition) is 2. The van der Waals surface area contributed by atoms with Gasteiger partial charge in [-0.2, -0.15) is 0 Å². The molecule has 0 rings (SSSR count). The zero-order valence-corrected chi connectivity index (χ0v) is 5.64. The van der Waals surface area contributed by atoms with E-state index in [1.54, 1.807) is 20.0 Å². The summed E-state index contributed by atoms with van der Waals surface area (Å²) < 4.78 is 0. The fourth-order valence-corrected chi connectivity index (χ4v) is 0.342. The van der Waals surface area contributed by atoms with E-state index in [0.29, 0.717) is 12.1 Å². The van der Waals surface area contributed by atoms with Crippen LogP contribution in [0.4, 0.5) is 0 Å². The SMILES string of the molecule is CNCC=C(C)C(=O)O. The predicted octanol–water partition coefficient (Wildman–Crippen LogP) is 0.237. The lowest BCUT2D eigenvalue weighted by molar-refractivity contribution is -0.132. The topological polar surface area (TPSA) is 49.3 Å². The number of hydrogen-bond donors (Lipinski definition) is 2. The molecule has 52 valence electrons. The summed E-state index contributed by atoms with van der Waals surface area (Å²) >= 11 is 0. The Labute approximate surface area is 54.4 Å². The van der Waals surface area contributed by atoms with Crippen LogP contribution in [-0.2, 0) is 4.79 Å². The van der Waals surface area contributed by atoms with Gasteiger partial charge in [0.2, 0.25) is 0 Å². The van der Waals surface area contributed by atoms with Crippen molar-refractivity contribution >= 4 is 5.97 Å². The normalized spacial score (nSPS) is 11.6. The summed E-state index contributed by atoms with van der Waals surface area (Å²) in [6, 6.07) is 0. The van der Waals surface area contributed by atoms with E-state index in [1.165, 1.54) is 0 Å². The maximum atomic E-state index is 10.1. The number of likely N-dealkylation sites (N-methyl/N-ethyl adjacent to an activating group) is 1. The zero-order valence-electron chi connectivity index (χ0n) is 5.64. The number of rotatable bonds is 3. The van der Waals surface area contributed by atoms with E-state index >= 15 is 0 Å². The van der Waals surface area contributed by atoms with Crippen molar-refractivity contribution in [3.63, 3.8) is 0 Å². The van der Waals surface area contributed by atoms with Gasteiger partial charge >= 0.3 is 5.97 Å². The van der Waals surface area contributed by atoms with Crippen LogP contribution < -0.4 is 5.32 Å². The number of nitrogens with one attached hydrogen (secondary N) is 1. The highest BCUT2D eigenvalue weighted by molar-refractivity contribution is 5.85. The number of carboxylic acids is 1. The highest BCUT2D eigenvalue weighted by atomic mass is 16.4. The van der Waals surface area contributed by atoms with Crippen molar-refractivity contribution in [1.82, 2.24) is 5.32 Å². The molecule has 0 spiro atoms. The van der Waals surface area contributed by atoms with Crippen molar-refractivity contribution in [3.05, 3.63) is 11.6 Å². The van der Waals surface area contributed by atoms with Crippen molar-refractivity contribution < 1.29 is 9.90 Å². The van der Waals surface area contributed by atoms with Crippen LogP contribution in [0.5, 0.6) is 0 Å². The molecule has 0 fully saturated rings. The van der Waals surface area contributed by atoms with Crippen LogP contribution in [-0.4, -0.2) is 24.7 Å². The second-order valence-electron chi connectivity index (χ2n) is 1.75. The van der Waals surface area contributed by atoms with Gasteiger partial charge in [-0.3, -0.25) is 0 Å². The third-order valence-electron chi connectivity index (χ3n) is 0.950. The molecule has 0 aromatic carbocycles. The van der Waals surface area contributed by atoms with Gasteiger partial charge in [-0.1, -0.05) is 6.08 Å². The van der Waals surface area contributed by atoms with E-state index in [1.807, 2.05) is 0 Å². The number of carboxylic acid groups (broad SMARTS) is 1. The van der Waals surface area contributed by atoms with Crippen molar-refractivity contribution in [1.29, 1.82) is 0 Å². The average molecular weight is 129 g/mol. The molecule has 0 amide bonds. The molecule has 3 heteroatoms. The van der Waals surface area contributed by atoms with E-state index < -0.39 is 5.97 Å². The van der Waals surface area contributed by atoms with Crippen LogP contribution >= 0.6 is 0 Å². The Balaban J connectivity index is 3.69. The first-order chi connectivity index (χ1) is 4.18. The third kappa shape index (κ3) is 3.73. The number of aliphatic carboxylic acids is 1. The molecule has 0 aliphatic carbocycles. The van der Waals surface area contributed by atoms with E-state index in [-0.39, 0.29) is 0 Å². The van der Waals surface area contributed by atoms with Gasteiger partial charge in [0.25, 0.3) is 0 Å². The molecule has 0 atom stereocenters. The van der Waals surface area contributed by atoms with Crippen molar-refractivity contribution in [2.75, 3.05) is 13.6 Å². The second kappa shape index (κ2) is 4.09. The summed E-state index contributed by atoms with van der Waals surface area (Å²) in [5.41, 5.74) is 0.379. The minimum atomic E-state index is -0.856. The van der Waals surface area contributed by atoms with Crippen LogP contribution in [0.25, 0.3) is 0 Å². The minimum absolute atomic E-state index is 0.379. The Hall–Kier alpha value is -0.830. The Morgan fingerprint density at radius 1 is 1.78 bits per heavy atom. The largest absolute Gasteiger partial charge is 0.478 e. The molecule has 9 heavy (non-hydrogen) atoms. The fraction of sp³-hybridized carbons (Fsp3) is 0.500. The first-order valence-electron chi connectivity index (χ1n) is 2.73. The van der Waals surface area contributed by atoms with Gasteiger partial charge in [0.1, 0.15) is 0 Å². The maximum Gasteiger partial charge on any atom is 0.330 e. The van der Waals surface area contributed by atoms with E-state index in [9.17, 15) is 4.79 Å². The molecule has 0 saturated carbocycles. The molecule has 3 nitrogen and oxygen atoms in total. The standard InChI is InChI=1S/C6H11NO2/c1-5(6(8)9)3-4-7-2/h3,7H,4H2,1-2H3,(H,8,9). The number of carbonyl (C=O) groups is 1. The van der Waals surface area contributed by atoms with Crippen LogP contribution in [0.1, 0.15) is 6.92 Å². The van der Waals surface area contributed by atoms with Gasteiger partial charge in [-0.15, -0.1) is 0 Å². The van der Waals surface area contributed by atoms with E-state index in [2.05, 4.69) is 5.32 Å². The summed E-state index contributed by atoms with van der Waals surface area (Å²) in [6.45, 7) is 2.18. The molecule has 0 saturated heterocycles. The van der Waals surface area contributed by atoms with Crippen molar-refractivity contribution in [2.24, 2.45) is 0 Å². The van der Waals surface area contributed by atoms with Gasteiger partial charge in [-0.05, 0) is 14.0 Å². The van der Waals surface area contributed by atoms with Crippen LogP contribution in [0.15, 0.2) is 11.6 Å². The molecule has 0 radical (unpaired) electrons. The molecule has 0 aromatic rings. The summed E-state index contributed by atoms with van der Waals surface area (Å²) in [5.74, 6) is -0.856.